The third-order valence-corrected chi connectivity index (χ3v) is 14.7. The number of hydrogen-bond acceptors (Lipinski definition) is 2. The minimum absolute atomic E-state index is 0.0517. The Morgan fingerprint density at radius 3 is 2.44 bits per heavy atom. The van der Waals surface area contributed by atoms with Gasteiger partial charge >= 0.3 is 0 Å². The average molecular weight is 742 g/mol. The van der Waals surface area contributed by atoms with Crippen molar-refractivity contribution in [2.75, 3.05) is 4.90 Å². The van der Waals surface area contributed by atoms with Gasteiger partial charge in [0, 0.05) is 40.1 Å². The van der Waals surface area contributed by atoms with Gasteiger partial charge in [-0.05, 0) is 94.7 Å². The van der Waals surface area contributed by atoms with Crippen molar-refractivity contribution in [2.45, 2.75) is 69.4 Å². The topological polar surface area (TPSA) is 12.5 Å². The molecule has 282 valence electrons. The summed E-state index contributed by atoms with van der Waals surface area (Å²) in [7, 11) is 0. The third kappa shape index (κ3) is 4.95. The predicted molar refractivity (Wildman–Crippen MR) is 235 cm³/mol. The second kappa shape index (κ2) is 12.7. The Kier molecular flexibility index (Phi) is 7.72. The number of rotatable bonds is 5. The molecule has 1 heterocycles. The first-order valence-electron chi connectivity index (χ1n) is 21.2. The number of fused-ring (bicyclic) bond motifs is 8. The van der Waals surface area contributed by atoms with E-state index in [1.165, 1.54) is 55.2 Å². The van der Waals surface area contributed by atoms with Crippen LogP contribution in [-0.2, 0) is 5.41 Å². The van der Waals surface area contributed by atoms with Crippen molar-refractivity contribution in [3.8, 4) is 5.75 Å². The van der Waals surface area contributed by atoms with Crippen LogP contribution in [0, 0.1) is 23.2 Å². The number of ether oxygens (including phenoxy) is 1. The molecule has 0 N–H and O–H groups in total. The zero-order chi connectivity index (χ0) is 38.5. The smallest absolute Gasteiger partial charge is 0.131 e. The highest BCUT2D eigenvalue weighted by Gasteiger charge is 2.62. The molecule has 0 spiro atoms. The third-order valence-electron chi connectivity index (χ3n) is 14.7. The van der Waals surface area contributed by atoms with Crippen LogP contribution in [0.1, 0.15) is 74.6 Å². The molecule has 0 radical (unpaired) electrons. The van der Waals surface area contributed by atoms with Gasteiger partial charge in [-0.3, -0.25) is 0 Å². The zero-order valence-electron chi connectivity index (χ0n) is 33.5. The maximum atomic E-state index is 6.79. The lowest BCUT2D eigenvalue weighted by Crippen LogP contribution is -2.49. The summed E-state index contributed by atoms with van der Waals surface area (Å²) in [4.78, 5) is 2.69. The Morgan fingerprint density at radius 2 is 1.56 bits per heavy atom. The first-order chi connectivity index (χ1) is 27.8. The zero-order valence-corrected chi connectivity index (χ0v) is 33.5. The van der Waals surface area contributed by atoms with Gasteiger partial charge in [-0.1, -0.05) is 172 Å². The van der Waals surface area contributed by atoms with Crippen LogP contribution in [0.5, 0.6) is 5.75 Å². The molecule has 0 aromatic heterocycles. The summed E-state index contributed by atoms with van der Waals surface area (Å²) >= 11 is 0. The molecule has 0 saturated heterocycles. The molecule has 4 aromatic rings. The quantitative estimate of drug-likeness (QED) is 0.189. The molecular formula is C55H51NO. The summed E-state index contributed by atoms with van der Waals surface area (Å²) in [5, 5.41) is 2.63. The van der Waals surface area contributed by atoms with E-state index in [9.17, 15) is 0 Å². The molecule has 1 aliphatic heterocycles. The Labute approximate surface area is 338 Å². The van der Waals surface area contributed by atoms with Gasteiger partial charge < -0.3 is 9.64 Å². The molecule has 0 saturated carbocycles. The van der Waals surface area contributed by atoms with Crippen molar-refractivity contribution in [1.29, 1.82) is 0 Å². The molecular weight excluding hydrogens is 691 g/mol. The second-order valence-corrected chi connectivity index (χ2v) is 18.1. The average Bonchev–Trinajstić information content (AvgIpc) is 3.66. The van der Waals surface area contributed by atoms with E-state index < -0.39 is 0 Å². The van der Waals surface area contributed by atoms with Crippen LogP contribution in [-0.4, -0.2) is 11.6 Å². The molecule has 0 amide bonds. The summed E-state index contributed by atoms with van der Waals surface area (Å²) < 4.78 is 6.79. The van der Waals surface area contributed by atoms with Crippen LogP contribution in [0.2, 0.25) is 0 Å². The summed E-state index contributed by atoms with van der Waals surface area (Å²) in [6, 6.07) is 36.9. The van der Waals surface area contributed by atoms with Crippen LogP contribution in [0.3, 0.4) is 0 Å². The van der Waals surface area contributed by atoms with Crippen LogP contribution < -0.4 is 20.1 Å². The van der Waals surface area contributed by atoms with E-state index >= 15 is 0 Å². The van der Waals surface area contributed by atoms with Crippen molar-refractivity contribution < 1.29 is 4.74 Å². The second-order valence-electron chi connectivity index (χ2n) is 18.1. The van der Waals surface area contributed by atoms with E-state index in [-0.39, 0.29) is 34.3 Å². The van der Waals surface area contributed by atoms with Crippen LogP contribution >= 0.6 is 0 Å². The Balaban J connectivity index is 1.16. The van der Waals surface area contributed by atoms with E-state index in [1.54, 1.807) is 0 Å². The van der Waals surface area contributed by atoms with Crippen molar-refractivity contribution >= 4 is 17.3 Å². The molecule has 7 aliphatic rings. The molecule has 0 fully saturated rings. The normalized spacial score (nSPS) is 33.4. The van der Waals surface area contributed by atoms with Gasteiger partial charge in [-0.2, -0.15) is 0 Å². The van der Waals surface area contributed by atoms with Gasteiger partial charge in [0.1, 0.15) is 11.4 Å². The van der Waals surface area contributed by atoms with Gasteiger partial charge in [0.2, 0.25) is 0 Å². The van der Waals surface area contributed by atoms with Crippen molar-refractivity contribution in [1.82, 2.24) is 0 Å². The highest BCUT2D eigenvalue weighted by Crippen LogP contribution is 2.68. The van der Waals surface area contributed by atoms with Crippen molar-refractivity contribution in [2.24, 2.45) is 23.2 Å². The van der Waals surface area contributed by atoms with Crippen molar-refractivity contribution in [3.63, 3.8) is 0 Å². The number of hydrogen-bond donors (Lipinski definition) is 0. The summed E-state index contributed by atoms with van der Waals surface area (Å²) in [5.74, 6) is 2.71. The maximum absolute atomic E-state index is 6.79. The maximum Gasteiger partial charge on any atom is 0.131 e. The molecule has 2 heteroatoms. The van der Waals surface area contributed by atoms with Gasteiger partial charge in [-0.15, -0.1) is 0 Å². The van der Waals surface area contributed by atoms with Gasteiger partial charge in [0.05, 0.1) is 11.5 Å². The van der Waals surface area contributed by atoms with Crippen LogP contribution in [0.4, 0.5) is 5.69 Å². The number of nitrogens with zero attached hydrogens (tertiary/aromatic N) is 1. The van der Waals surface area contributed by atoms with Crippen molar-refractivity contribution in [3.05, 3.63) is 214 Å². The monoisotopic (exact) mass is 741 g/mol. The lowest BCUT2D eigenvalue weighted by Gasteiger charge is -2.50. The summed E-state index contributed by atoms with van der Waals surface area (Å²) in [6.07, 6.45) is 33.4. The molecule has 4 aromatic carbocycles. The molecule has 9 atom stereocenters. The molecule has 6 aliphatic carbocycles. The predicted octanol–water partition coefficient (Wildman–Crippen LogP) is 11.1. The molecule has 9 unspecified atom stereocenters. The van der Waals surface area contributed by atoms with Gasteiger partial charge in [0.15, 0.2) is 0 Å². The number of benzene rings is 4. The molecule has 57 heavy (non-hydrogen) atoms. The van der Waals surface area contributed by atoms with Crippen LogP contribution in [0.15, 0.2) is 181 Å². The minimum atomic E-state index is -0.359. The lowest BCUT2D eigenvalue weighted by atomic mass is 9.53. The number of allylic oxidation sites excluding steroid dienone is 11. The van der Waals surface area contributed by atoms with E-state index in [2.05, 4.69) is 209 Å². The highest BCUT2D eigenvalue weighted by molar-refractivity contribution is 5.75. The minimum Gasteiger partial charge on any atom is -0.483 e. The van der Waals surface area contributed by atoms with E-state index in [0.29, 0.717) is 17.8 Å². The summed E-state index contributed by atoms with van der Waals surface area (Å²) in [5.41, 5.74) is 9.96. The Morgan fingerprint density at radius 1 is 0.737 bits per heavy atom. The van der Waals surface area contributed by atoms with E-state index in [0.717, 1.165) is 18.6 Å². The van der Waals surface area contributed by atoms with Gasteiger partial charge in [-0.25, -0.2) is 0 Å². The van der Waals surface area contributed by atoms with E-state index in [4.69, 9.17) is 4.74 Å². The van der Waals surface area contributed by atoms with Crippen LogP contribution in [0.25, 0.3) is 11.6 Å². The standard InChI is InChI=1S/C55H51NO/c1-36-15-14-19-40(31-36)55(39-17-6-5-7-18-39)49-24-13-12-23-46(49)48-27-25-42(35-53(48,55)3)56(51-33-38-16-8-9-20-43(38)44-21-10-11-22-45(44)51)41-26-28-52-47(34-41)50-32-37(2)29-30-54(50,4)57-52/h5-30,33-37,45,48,50-51H,31-32H2,1-4H3. The largest absolute Gasteiger partial charge is 0.483 e. The fourth-order valence-corrected chi connectivity index (χ4v) is 12.2. The van der Waals surface area contributed by atoms with E-state index in [1.807, 2.05) is 0 Å². The molecule has 11 rings (SSSR count). The lowest BCUT2D eigenvalue weighted by molar-refractivity contribution is 0.125. The summed E-state index contributed by atoms with van der Waals surface area (Å²) in [6.45, 7) is 9.54. The number of anilines is 1. The fraction of sp³-hybridized carbons (Fsp3) is 0.273. The fourth-order valence-electron chi connectivity index (χ4n) is 12.2. The first kappa shape index (κ1) is 34.6. The van der Waals surface area contributed by atoms with Gasteiger partial charge in [0.25, 0.3) is 0 Å². The Hall–Kier alpha value is -5.60. The highest BCUT2D eigenvalue weighted by atomic mass is 16.5. The Bertz CT molecular complexity index is 2670. The molecule has 0 bridgehead atoms. The SMILES string of the molecule is CC1C=CC=C(C2(c3ccccc3)c3ccccc3C3C=CC(N(c4ccc5c(c4)C4CC(C)C=CC4(C)O5)C4C=c5ccccc5=C5C=CC=CC54)=CC32C)C1. The molecule has 2 nitrogen and oxygen atoms in total. The first-order valence-corrected chi connectivity index (χ1v) is 21.2.